The van der Waals surface area contributed by atoms with Gasteiger partial charge in [0.25, 0.3) is 0 Å². The lowest BCUT2D eigenvalue weighted by Gasteiger charge is -2.19. The van der Waals surface area contributed by atoms with E-state index >= 15 is 0 Å². The fourth-order valence-corrected chi connectivity index (χ4v) is 2.68. The van der Waals surface area contributed by atoms with Crippen molar-refractivity contribution < 1.29 is 9.53 Å². The lowest BCUT2D eigenvalue weighted by atomic mass is 10.0. The van der Waals surface area contributed by atoms with E-state index in [4.69, 9.17) is 27.9 Å². The molecule has 2 nitrogen and oxygen atoms in total. The van der Waals surface area contributed by atoms with E-state index in [-0.39, 0.29) is 0 Å². The van der Waals surface area contributed by atoms with E-state index < -0.39 is 12.1 Å². The van der Waals surface area contributed by atoms with Crippen LogP contribution in [0.3, 0.4) is 0 Å². The molecule has 0 N–H and O–H groups in total. The zero-order valence-corrected chi connectivity index (χ0v) is 14.2. The average Bonchev–Trinajstić information content (AvgIpc) is 2.63. The number of carbonyl (C=O) groups excluding carboxylic acids is 1. The molecule has 0 bridgehead atoms. The van der Waals surface area contributed by atoms with Crippen molar-refractivity contribution in [2.45, 2.75) is 6.10 Å². The third-order valence-electron chi connectivity index (χ3n) is 3.58. The monoisotopic (exact) mass is 356 g/mol. The number of rotatable bonds is 4. The summed E-state index contributed by atoms with van der Waals surface area (Å²) in [4.78, 5) is 12.5. The summed E-state index contributed by atoms with van der Waals surface area (Å²) in [5.41, 5.74) is 2.16. The Bertz CT molecular complexity index is 793. The molecule has 0 aliphatic carbocycles. The van der Waals surface area contributed by atoms with Gasteiger partial charge in [0.2, 0.25) is 0 Å². The highest BCUT2D eigenvalue weighted by Gasteiger charge is 2.20. The van der Waals surface area contributed by atoms with Gasteiger partial charge in [-0.3, -0.25) is 0 Å². The summed E-state index contributed by atoms with van der Waals surface area (Å²) in [6.45, 7) is 0. The number of carbonyl (C=O) groups is 1. The van der Waals surface area contributed by atoms with Gasteiger partial charge in [-0.1, -0.05) is 83.9 Å². The van der Waals surface area contributed by atoms with E-state index in [0.717, 1.165) is 11.1 Å². The molecule has 0 fully saturated rings. The molecule has 24 heavy (non-hydrogen) atoms. The van der Waals surface area contributed by atoms with Crippen LogP contribution in [0.5, 0.6) is 0 Å². The third-order valence-corrected chi connectivity index (χ3v) is 4.32. The molecule has 0 aliphatic heterocycles. The number of halogens is 2. The van der Waals surface area contributed by atoms with Gasteiger partial charge in [-0.15, -0.1) is 0 Å². The van der Waals surface area contributed by atoms with Crippen molar-refractivity contribution in [1.82, 2.24) is 0 Å². The molecule has 3 rings (SSSR count). The third kappa shape index (κ3) is 3.78. The quantitative estimate of drug-likeness (QED) is 0.540. The fourth-order valence-electron chi connectivity index (χ4n) is 2.38. The maximum absolute atomic E-state index is 12.5. The normalized spacial score (nSPS) is 10.6. The van der Waals surface area contributed by atoms with Crippen molar-refractivity contribution in [1.29, 1.82) is 0 Å². The van der Waals surface area contributed by atoms with Crippen LogP contribution < -0.4 is 0 Å². The Kier molecular flexibility index (Phi) is 5.19. The second-order valence-corrected chi connectivity index (χ2v) is 6.05. The van der Waals surface area contributed by atoms with Crippen molar-refractivity contribution >= 4 is 29.2 Å². The lowest BCUT2D eigenvalue weighted by Crippen LogP contribution is -2.13. The van der Waals surface area contributed by atoms with Gasteiger partial charge in [-0.25, -0.2) is 4.79 Å². The molecule has 0 saturated heterocycles. The Morgan fingerprint density at radius 3 is 1.79 bits per heavy atom. The SMILES string of the molecule is O=C(OC(c1ccccc1)c1ccccc1)c1ccc(Cl)c(Cl)c1. The van der Waals surface area contributed by atoms with Gasteiger partial charge in [0.1, 0.15) is 0 Å². The van der Waals surface area contributed by atoms with Crippen molar-refractivity contribution in [3.05, 3.63) is 106 Å². The van der Waals surface area contributed by atoms with Crippen molar-refractivity contribution in [3.8, 4) is 0 Å². The maximum atomic E-state index is 12.5. The van der Waals surface area contributed by atoms with Crippen LogP contribution in [0, 0.1) is 0 Å². The topological polar surface area (TPSA) is 26.3 Å². The van der Waals surface area contributed by atoms with Gasteiger partial charge in [0, 0.05) is 0 Å². The van der Waals surface area contributed by atoms with E-state index in [9.17, 15) is 4.79 Å². The zero-order chi connectivity index (χ0) is 16.9. The fraction of sp³-hybridized carbons (Fsp3) is 0.0500. The summed E-state index contributed by atoms with van der Waals surface area (Å²) in [6.07, 6.45) is -0.491. The largest absolute Gasteiger partial charge is 0.449 e. The van der Waals surface area contributed by atoms with Gasteiger partial charge in [-0.05, 0) is 29.3 Å². The molecule has 120 valence electrons. The first-order valence-corrected chi connectivity index (χ1v) is 8.16. The highest BCUT2D eigenvalue weighted by Crippen LogP contribution is 2.28. The van der Waals surface area contributed by atoms with Gasteiger partial charge in [0.15, 0.2) is 6.10 Å². The van der Waals surface area contributed by atoms with Crippen LogP contribution in [0.15, 0.2) is 78.9 Å². The number of ether oxygens (including phenoxy) is 1. The highest BCUT2D eigenvalue weighted by molar-refractivity contribution is 6.42. The molecule has 0 saturated carbocycles. The predicted octanol–water partition coefficient (Wildman–Crippen LogP) is 5.94. The number of benzene rings is 3. The first kappa shape index (κ1) is 16.6. The molecule has 0 atom stereocenters. The molecule has 0 radical (unpaired) electrons. The second-order valence-electron chi connectivity index (χ2n) is 5.24. The van der Waals surface area contributed by atoms with Crippen molar-refractivity contribution in [2.24, 2.45) is 0 Å². The standard InChI is InChI=1S/C20H14Cl2O2/c21-17-12-11-16(13-18(17)22)20(23)24-19(14-7-3-1-4-8-14)15-9-5-2-6-10-15/h1-13,19H. The maximum Gasteiger partial charge on any atom is 0.339 e. The number of esters is 1. The second kappa shape index (κ2) is 7.52. The highest BCUT2D eigenvalue weighted by atomic mass is 35.5. The van der Waals surface area contributed by atoms with Crippen molar-refractivity contribution in [2.75, 3.05) is 0 Å². The van der Waals surface area contributed by atoms with E-state index in [0.29, 0.717) is 15.6 Å². The van der Waals surface area contributed by atoms with E-state index in [2.05, 4.69) is 0 Å². The van der Waals surface area contributed by atoms with E-state index in [1.807, 2.05) is 60.7 Å². The summed E-state index contributed by atoms with van der Waals surface area (Å²) in [5, 5.41) is 0.720. The average molecular weight is 357 g/mol. The predicted molar refractivity (Wildman–Crippen MR) is 96.6 cm³/mol. The number of hydrogen-bond donors (Lipinski definition) is 0. The molecule has 0 spiro atoms. The van der Waals surface area contributed by atoms with Gasteiger partial charge < -0.3 is 4.74 Å². The molecular formula is C20H14Cl2O2. The Hall–Kier alpha value is -2.29. The molecule has 0 aliphatic rings. The van der Waals surface area contributed by atoms with E-state index in [1.165, 1.54) is 6.07 Å². The summed E-state index contributed by atoms with van der Waals surface area (Å²) < 4.78 is 5.76. The molecule has 0 amide bonds. The van der Waals surface area contributed by atoms with E-state index in [1.54, 1.807) is 12.1 Å². The van der Waals surface area contributed by atoms with Crippen LogP contribution in [-0.2, 0) is 4.74 Å². The summed E-state index contributed by atoms with van der Waals surface area (Å²) in [6, 6.07) is 23.9. The first-order chi connectivity index (χ1) is 11.6. The Morgan fingerprint density at radius 1 is 0.750 bits per heavy atom. The Labute approximate surface area is 150 Å². The van der Waals surface area contributed by atoms with Crippen LogP contribution >= 0.6 is 23.2 Å². The van der Waals surface area contributed by atoms with Gasteiger partial charge in [-0.2, -0.15) is 0 Å². The van der Waals surface area contributed by atoms with Crippen molar-refractivity contribution in [3.63, 3.8) is 0 Å². The minimum absolute atomic E-state index is 0.321. The van der Waals surface area contributed by atoms with Gasteiger partial charge >= 0.3 is 5.97 Å². The molecule has 0 heterocycles. The Morgan fingerprint density at radius 2 is 1.29 bits per heavy atom. The molecule has 0 aromatic heterocycles. The van der Waals surface area contributed by atoms with Gasteiger partial charge in [0.05, 0.1) is 15.6 Å². The van der Waals surface area contributed by atoms with Crippen LogP contribution in [-0.4, -0.2) is 5.97 Å². The molecular weight excluding hydrogens is 343 g/mol. The first-order valence-electron chi connectivity index (χ1n) is 7.41. The molecule has 4 heteroatoms. The van der Waals surface area contributed by atoms with Crippen LogP contribution in [0.25, 0.3) is 0 Å². The minimum atomic E-state index is -0.491. The van der Waals surface area contributed by atoms with Crippen LogP contribution in [0.4, 0.5) is 0 Å². The van der Waals surface area contributed by atoms with Crippen LogP contribution in [0.1, 0.15) is 27.6 Å². The summed E-state index contributed by atoms with van der Waals surface area (Å²) in [7, 11) is 0. The molecule has 3 aromatic rings. The summed E-state index contributed by atoms with van der Waals surface area (Å²) >= 11 is 11.9. The smallest absolute Gasteiger partial charge is 0.339 e. The zero-order valence-electron chi connectivity index (χ0n) is 12.7. The minimum Gasteiger partial charge on any atom is -0.449 e. The summed E-state index contributed by atoms with van der Waals surface area (Å²) in [5.74, 6) is -0.453. The molecule has 3 aromatic carbocycles. The lowest BCUT2D eigenvalue weighted by molar-refractivity contribution is 0.0378. The Balaban J connectivity index is 1.92. The number of hydrogen-bond acceptors (Lipinski definition) is 2. The van der Waals surface area contributed by atoms with Crippen LogP contribution in [0.2, 0.25) is 10.0 Å². The molecule has 0 unspecified atom stereocenters.